The van der Waals surface area contributed by atoms with Gasteiger partial charge in [-0.15, -0.1) is 0 Å². The second kappa shape index (κ2) is 20.6. The van der Waals surface area contributed by atoms with Crippen molar-refractivity contribution in [2.75, 3.05) is 4.90 Å². The molecule has 0 fully saturated rings. The van der Waals surface area contributed by atoms with Crippen molar-refractivity contribution in [3.63, 3.8) is 0 Å². The van der Waals surface area contributed by atoms with Crippen molar-refractivity contribution in [1.29, 1.82) is 0 Å². The number of fused-ring (bicyclic) bond motifs is 7. The average Bonchev–Trinajstić information content (AvgIpc) is 4.20. The predicted molar refractivity (Wildman–Crippen MR) is 353 cm³/mol. The summed E-state index contributed by atoms with van der Waals surface area (Å²) in [5, 5.41) is 4.88. The molecule has 0 atom stereocenters. The third kappa shape index (κ3) is 8.55. The number of anilines is 3. The zero-order chi connectivity index (χ0) is 55.5. The third-order valence-corrected chi connectivity index (χ3v) is 17.2. The molecular weight excluding hydrogens is 1040 g/mol. The van der Waals surface area contributed by atoms with E-state index >= 15 is 0 Å². The van der Waals surface area contributed by atoms with Crippen LogP contribution in [0.15, 0.2) is 309 Å². The Morgan fingerprint density at radius 3 is 1.05 bits per heavy atom. The largest absolute Gasteiger partial charge is 0.309 e. The van der Waals surface area contributed by atoms with E-state index in [2.05, 4.69) is 323 Å². The van der Waals surface area contributed by atoms with Crippen LogP contribution in [-0.4, -0.2) is 17.9 Å². The molecule has 0 radical (unpaired) electrons. The van der Waals surface area contributed by atoms with Gasteiger partial charge in [-0.2, -0.15) is 8.75 Å². The van der Waals surface area contributed by atoms with Crippen molar-refractivity contribution in [1.82, 2.24) is 17.9 Å². The van der Waals surface area contributed by atoms with Gasteiger partial charge in [0.1, 0.15) is 11.0 Å². The van der Waals surface area contributed by atoms with Crippen LogP contribution in [0.1, 0.15) is 0 Å². The number of hydrogen-bond acceptors (Lipinski definition) is 4. The Morgan fingerprint density at radius 2 is 0.583 bits per heavy atom. The van der Waals surface area contributed by atoms with Gasteiger partial charge in [0, 0.05) is 49.9 Å². The molecule has 0 aliphatic carbocycles. The highest BCUT2D eigenvalue weighted by molar-refractivity contribution is 7.00. The first-order valence-electron chi connectivity index (χ1n) is 28.5. The van der Waals surface area contributed by atoms with Crippen LogP contribution in [0.5, 0.6) is 0 Å². The molecule has 0 aliphatic heterocycles. The number of hydrogen-bond donors (Lipinski definition) is 0. The second-order valence-corrected chi connectivity index (χ2v) is 22.0. The Hall–Kier alpha value is -10.9. The van der Waals surface area contributed by atoms with Gasteiger partial charge in [-0.3, -0.25) is 0 Å². The van der Waals surface area contributed by atoms with Crippen LogP contribution in [0.25, 0.3) is 133 Å². The summed E-state index contributed by atoms with van der Waals surface area (Å²) in [5.41, 5.74) is 25.6. The summed E-state index contributed by atoms with van der Waals surface area (Å²) in [6, 6.07) is 112. The van der Waals surface area contributed by atoms with Crippen molar-refractivity contribution in [3.05, 3.63) is 309 Å². The molecule has 16 rings (SSSR count). The molecule has 0 unspecified atom stereocenters. The molecule has 0 aliphatic rings. The molecular formula is C78H51N5S. The van der Waals surface area contributed by atoms with Gasteiger partial charge in [-0.05, 0) is 164 Å². The SMILES string of the molecule is c1ccc(-c2ccc(N(c3ccc(-c4ccc5c(c4)c4ccccc4n5-c4ccc(-c5ccccc5)cc4)cc3)c3ccc(-c4ccc(-n5c6ccc(-c7ccccc7)cc6c6cc(-c7ccccc7)ccc65)cc4)c4nsnc34)cc2)cc1. The van der Waals surface area contributed by atoms with Gasteiger partial charge in [0.05, 0.1) is 39.5 Å². The lowest BCUT2D eigenvalue weighted by Crippen LogP contribution is -2.10. The first-order valence-corrected chi connectivity index (χ1v) is 29.2. The van der Waals surface area contributed by atoms with Crippen LogP contribution in [-0.2, 0) is 0 Å². The van der Waals surface area contributed by atoms with Crippen LogP contribution >= 0.6 is 11.7 Å². The molecule has 0 saturated carbocycles. The molecule has 0 N–H and O–H groups in total. The van der Waals surface area contributed by atoms with Crippen molar-refractivity contribution in [2.45, 2.75) is 0 Å². The monoisotopic (exact) mass is 1090 g/mol. The molecule has 6 heteroatoms. The summed E-state index contributed by atoms with van der Waals surface area (Å²) < 4.78 is 14.9. The van der Waals surface area contributed by atoms with Gasteiger partial charge in [-0.25, -0.2) is 0 Å². The first-order chi connectivity index (χ1) is 41.6. The second-order valence-electron chi connectivity index (χ2n) is 21.5. The molecule has 0 saturated heterocycles. The molecule has 0 bridgehead atoms. The normalized spacial score (nSPS) is 11.6. The van der Waals surface area contributed by atoms with Crippen LogP contribution in [0.2, 0.25) is 0 Å². The lowest BCUT2D eigenvalue weighted by atomic mass is 10.0. The van der Waals surface area contributed by atoms with Crippen LogP contribution < -0.4 is 4.90 Å². The molecule has 13 aromatic carbocycles. The Balaban J connectivity index is 0.759. The van der Waals surface area contributed by atoms with E-state index in [-0.39, 0.29) is 0 Å². The smallest absolute Gasteiger partial charge is 0.129 e. The summed E-state index contributed by atoms with van der Waals surface area (Å²) in [6.07, 6.45) is 0. The fraction of sp³-hybridized carbons (Fsp3) is 0. The van der Waals surface area contributed by atoms with Crippen molar-refractivity contribution >= 4 is 83.4 Å². The minimum atomic E-state index is 0.847. The van der Waals surface area contributed by atoms with Gasteiger partial charge >= 0.3 is 0 Å². The quantitative estimate of drug-likeness (QED) is 0.130. The average molecular weight is 1090 g/mol. The molecule has 0 amide bonds. The maximum atomic E-state index is 5.07. The Labute approximate surface area is 490 Å². The third-order valence-electron chi connectivity index (χ3n) is 16.6. The summed E-state index contributed by atoms with van der Waals surface area (Å²) in [7, 11) is 0. The van der Waals surface area contributed by atoms with Crippen molar-refractivity contribution in [2.24, 2.45) is 0 Å². The fourth-order valence-corrected chi connectivity index (χ4v) is 13.1. The summed E-state index contributed by atoms with van der Waals surface area (Å²) in [5.74, 6) is 0. The van der Waals surface area contributed by atoms with Crippen LogP contribution in [0.3, 0.4) is 0 Å². The van der Waals surface area contributed by atoms with Gasteiger partial charge in [0.15, 0.2) is 0 Å². The van der Waals surface area contributed by atoms with E-state index in [0.29, 0.717) is 0 Å². The number of benzene rings is 13. The summed E-state index contributed by atoms with van der Waals surface area (Å²) in [4.78, 5) is 2.32. The topological polar surface area (TPSA) is 38.9 Å². The van der Waals surface area contributed by atoms with Crippen LogP contribution in [0, 0.1) is 0 Å². The Bertz CT molecular complexity index is 4970. The van der Waals surface area contributed by atoms with Crippen molar-refractivity contribution in [3.8, 4) is 78.1 Å². The maximum absolute atomic E-state index is 5.07. The fourth-order valence-electron chi connectivity index (χ4n) is 12.5. The Kier molecular flexibility index (Phi) is 12.0. The van der Waals surface area contributed by atoms with E-state index in [9.17, 15) is 0 Å². The highest BCUT2D eigenvalue weighted by Crippen LogP contribution is 2.44. The number of nitrogens with zero attached hydrogens (tertiary/aromatic N) is 5. The predicted octanol–water partition coefficient (Wildman–Crippen LogP) is 21.4. The van der Waals surface area contributed by atoms with E-state index in [1.165, 1.54) is 83.3 Å². The van der Waals surface area contributed by atoms with Gasteiger partial charge in [-0.1, -0.05) is 206 Å². The Morgan fingerprint density at radius 1 is 0.250 bits per heavy atom. The number of para-hydroxylation sites is 1. The zero-order valence-electron chi connectivity index (χ0n) is 45.6. The molecule has 84 heavy (non-hydrogen) atoms. The number of aromatic nitrogens is 4. The molecule has 5 nitrogen and oxygen atoms in total. The molecule has 3 heterocycles. The van der Waals surface area contributed by atoms with E-state index in [0.717, 1.165) is 78.3 Å². The molecule has 3 aromatic heterocycles. The van der Waals surface area contributed by atoms with E-state index < -0.39 is 0 Å². The van der Waals surface area contributed by atoms with Gasteiger partial charge in [0.25, 0.3) is 0 Å². The lowest BCUT2D eigenvalue weighted by molar-refractivity contribution is 1.18. The maximum Gasteiger partial charge on any atom is 0.129 e. The van der Waals surface area contributed by atoms with Gasteiger partial charge in [0.2, 0.25) is 0 Å². The summed E-state index contributed by atoms with van der Waals surface area (Å²) in [6.45, 7) is 0. The highest BCUT2D eigenvalue weighted by Gasteiger charge is 2.22. The highest BCUT2D eigenvalue weighted by atomic mass is 32.1. The standard InChI is InChI=1S/C78H51N5S/c1-5-15-52(16-6-1)56-25-36-63(37-26-56)81(64-38-29-58(30-39-64)62-35-45-73-69(49-62)68-23-13-14-24-72(68)82(73)65-40-27-57(28-41-65)53-17-7-2-8-18-53)76-48-44-67(77-78(76)80-84-79-77)59-31-42-66(43-32-59)83-74-46-33-60(54-19-9-3-10-20-54)50-70(74)71-51-61(34-47-75(71)83)55-21-11-4-12-22-55/h1-51H. The molecule has 394 valence electrons. The minimum absolute atomic E-state index is 0.847. The molecule has 0 spiro atoms. The minimum Gasteiger partial charge on any atom is -0.309 e. The van der Waals surface area contributed by atoms with E-state index in [4.69, 9.17) is 8.75 Å². The van der Waals surface area contributed by atoms with Crippen molar-refractivity contribution < 1.29 is 0 Å². The van der Waals surface area contributed by atoms with Gasteiger partial charge < -0.3 is 14.0 Å². The lowest BCUT2D eigenvalue weighted by Gasteiger charge is -2.26. The van der Waals surface area contributed by atoms with E-state index in [1.807, 2.05) is 0 Å². The van der Waals surface area contributed by atoms with Crippen LogP contribution in [0.4, 0.5) is 17.1 Å². The first kappa shape index (κ1) is 48.9. The number of rotatable bonds is 11. The zero-order valence-corrected chi connectivity index (χ0v) is 46.4. The molecule has 16 aromatic rings. The van der Waals surface area contributed by atoms with E-state index in [1.54, 1.807) is 0 Å². The summed E-state index contributed by atoms with van der Waals surface area (Å²) >= 11 is 1.25.